The van der Waals surface area contributed by atoms with Crippen LogP contribution in [0, 0.1) is 11.3 Å². The van der Waals surface area contributed by atoms with Crippen molar-refractivity contribution in [2.24, 2.45) is 11.3 Å². The number of methoxy groups -OCH3 is 1. The van der Waals surface area contributed by atoms with Crippen LogP contribution in [-0.4, -0.2) is 17.9 Å². The topological polar surface area (TPSA) is 39.2 Å². The molecule has 110 valence electrons. The average molecular weight is 283 g/mol. The number of fused-ring (bicyclic) bond motifs is 3. The van der Waals surface area contributed by atoms with Gasteiger partial charge in [-0.2, -0.15) is 0 Å². The first kappa shape index (κ1) is 14.1. The lowest BCUT2D eigenvalue weighted by Crippen LogP contribution is -2.31. The van der Waals surface area contributed by atoms with Gasteiger partial charge >= 0.3 is 0 Å². The van der Waals surface area contributed by atoms with Gasteiger partial charge in [0.2, 0.25) is 5.88 Å². The predicted molar refractivity (Wildman–Crippen MR) is 83.9 cm³/mol. The van der Waals surface area contributed by atoms with Crippen LogP contribution in [0.25, 0.3) is 10.8 Å². The molecule has 0 radical (unpaired) electrons. The number of nitrogens with zero attached hydrogens (tertiary/aromatic N) is 1. The van der Waals surface area contributed by atoms with E-state index in [9.17, 15) is 4.79 Å². The van der Waals surface area contributed by atoms with Gasteiger partial charge in [-0.15, -0.1) is 0 Å². The van der Waals surface area contributed by atoms with E-state index in [1.165, 1.54) is 0 Å². The molecule has 0 amide bonds. The molecule has 1 aromatic carbocycles. The van der Waals surface area contributed by atoms with Gasteiger partial charge < -0.3 is 4.74 Å². The molecule has 3 nitrogen and oxygen atoms in total. The van der Waals surface area contributed by atoms with Crippen molar-refractivity contribution in [3.63, 3.8) is 0 Å². The first-order valence-electron chi connectivity index (χ1n) is 7.40. The molecule has 3 heteroatoms. The Morgan fingerprint density at radius 2 is 1.81 bits per heavy atom. The van der Waals surface area contributed by atoms with Crippen molar-refractivity contribution in [2.75, 3.05) is 7.11 Å². The second kappa shape index (κ2) is 4.83. The van der Waals surface area contributed by atoms with Gasteiger partial charge in [0, 0.05) is 11.8 Å². The Balaban J connectivity index is 2.24. The zero-order chi connectivity index (χ0) is 15.2. The van der Waals surface area contributed by atoms with Crippen molar-refractivity contribution in [3.8, 4) is 5.88 Å². The highest BCUT2D eigenvalue weighted by Gasteiger charge is 2.35. The monoisotopic (exact) mass is 283 g/mol. The highest BCUT2D eigenvalue weighted by atomic mass is 16.5. The Hall–Kier alpha value is -1.90. The largest absolute Gasteiger partial charge is 0.481 e. The number of rotatable bonds is 1. The third-order valence-electron chi connectivity index (χ3n) is 4.55. The number of carbonyl (C=O) groups is 1. The molecular formula is C18H21NO2. The highest BCUT2D eigenvalue weighted by molar-refractivity contribution is 6.03. The second-order valence-corrected chi connectivity index (χ2v) is 6.89. The summed E-state index contributed by atoms with van der Waals surface area (Å²) in [6.45, 7) is 6.61. The number of ketones is 1. The average Bonchev–Trinajstić information content (AvgIpc) is 2.45. The smallest absolute Gasteiger partial charge is 0.221 e. The minimum atomic E-state index is 0.119. The highest BCUT2D eigenvalue weighted by Crippen LogP contribution is 2.40. The molecule has 21 heavy (non-hydrogen) atoms. The van der Waals surface area contributed by atoms with Gasteiger partial charge in [0.1, 0.15) is 5.69 Å². The van der Waals surface area contributed by atoms with Crippen molar-refractivity contribution < 1.29 is 9.53 Å². The lowest BCUT2D eigenvalue weighted by atomic mass is 9.70. The molecular weight excluding hydrogens is 262 g/mol. The molecule has 2 aromatic rings. The van der Waals surface area contributed by atoms with E-state index in [1.807, 2.05) is 18.2 Å². The molecule has 1 aliphatic rings. The van der Waals surface area contributed by atoms with Gasteiger partial charge in [-0.25, -0.2) is 4.98 Å². The molecule has 1 atom stereocenters. The summed E-state index contributed by atoms with van der Waals surface area (Å²) in [4.78, 5) is 17.0. The molecule has 1 unspecified atom stereocenters. The summed E-state index contributed by atoms with van der Waals surface area (Å²) in [5.74, 6) is 1.04. The fourth-order valence-electron chi connectivity index (χ4n) is 3.13. The van der Waals surface area contributed by atoms with Crippen LogP contribution in [0.4, 0.5) is 0 Å². The maximum atomic E-state index is 12.5. The summed E-state index contributed by atoms with van der Waals surface area (Å²) in [5, 5.41) is 2.09. The molecule has 0 N–H and O–H groups in total. The van der Waals surface area contributed by atoms with Gasteiger partial charge in [0.15, 0.2) is 5.78 Å². The molecule has 0 bridgehead atoms. The Morgan fingerprint density at radius 1 is 1.14 bits per heavy atom. The molecule has 1 aromatic heterocycles. The molecule has 1 aliphatic carbocycles. The van der Waals surface area contributed by atoms with Crippen LogP contribution < -0.4 is 4.74 Å². The molecule has 1 heterocycles. The minimum absolute atomic E-state index is 0.119. The third kappa shape index (κ3) is 2.31. The lowest BCUT2D eigenvalue weighted by Gasteiger charge is -2.34. The summed E-state index contributed by atoms with van der Waals surface area (Å²) >= 11 is 0. The Kier molecular flexibility index (Phi) is 3.23. The molecule has 3 rings (SSSR count). The van der Waals surface area contributed by atoms with E-state index in [-0.39, 0.29) is 11.2 Å². The number of pyridine rings is 1. The van der Waals surface area contributed by atoms with E-state index in [0.717, 1.165) is 22.8 Å². The quantitative estimate of drug-likeness (QED) is 0.793. The molecule has 0 spiro atoms. The molecule has 0 aliphatic heterocycles. The first-order chi connectivity index (χ1) is 9.91. The van der Waals surface area contributed by atoms with Crippen molar-refractivity contribution in [3.05, 3.63) is 35.5 Å². The van der Waals surface area contributed by atoms with Crippen molar-refractivity contribution in [1.82, 2.24) is 4.98 Å². The van der Waals surface area contributed by atoms with Gasteiger partial charge in [-0.05, 0) is 34.8 Å². The summed E-state index contributed by atoms with van der Waals surface area (Å²) in [5.41, 5.74) is 1.81. The maximum absolute atomic E-state index is 12.5. The van der Waals surface area contributed by atoms with Crippen LogP contribution in [0.3, 0.4) is 0 Å². The number of hydrogen-bond donors (Lipinski definition) is 0. The van der Waals surface area contributed by atoms with Gasteiger partial charge in [0.05, 0.1) is 7.11 Å². The van der Waals surface area contributed by atoms with E-state index in [1.54, 1.807) is 7.11 Å². The molecule has 0 fully saturated rings. The van der Waals surface area contributed by atoms with Crippen LogP contribution in [0.2, 0.25) is 0 Å². The number of carbonyl (C=O) groups excluding carboxylic acids is 1. The van der Waals surface area contributed by atoms with E-state index < -0.39 is 0 Å². The lowest BCUT2D eigenvalue weighted by molar-refractivity contribution is 0.0888. The van der Waals surface area contributed by atoms with Crippen LogP contribution in [-0.2, 0) is 6.42 Å². The third-order valence-corrected chi connectivity index (χ3v) is 4.55. The molecule has 0 saturated carbocycles. The normalized spacial score (nSPS) is 18.7. The number of benzene rings is 1. The van der Waals surface area contributed by atoms with Crippen molar-refractivity contribution in [2.45, 2.75) is 33.6 Å². The van der Waals surface area contributed by atoms with Crippen LogP contribution in [0.15, 0.2) is 24.3 Å². The van der Waals surface area contributed by atoms with E-state index >= 15 is 0 Å². The second-order valence-electron chi connectivity index (χ2n) is 6.89. The maximum Gasteiger partial charge on any atom is 0.221 e. The Morgan fingerprint density at radius 3 is 2.43 bits per heavy atom. The Bertz CT molecular complexity index is 713. The predicted octanol–water partition coefficient (Wildman–Crippen LogP) is 4.03. The zero-order valence-corrected chi connectivity index (χ0v) is 13.1. The standard InChI is InChI=1S/C18H21NO2/c1-18(2,3)11-9-14-12-7-5-6-8-13(12)17(21-4)19-16(14)15(20)10-11/h5-8,11H,9-10H2,1-4H3. The van der Waals surface area contributed by atoms with Gasteiger partial charge in [-0.1, -0.05) is 39.0 Å². The van der Waals surface area contributed by atoms with Crippen molar-refractivity contribution >= 4 is 16.6 Å². The van der Waals surface area contributed by atoms with E-state index in [2.05, 4.69) is 31.8 Å². The summed E-state index contributed by atoms with van der Waals surface area (Å²) in [6.07, 6.45) is 1.48. The fraction of sp³-hybridized carbons (Fsp3) is 0.444. The number of aromatic nitrogens is 1. The SMILES string of the molecule is COc1nc2c(c3ccccc13)CC(C(C)(C)C)CC2=O. The number of ether oxygens (including phenoxy) is 1. The van der Waals surface area contributed by atoms with Crippen LogP contribution in [0.1, 0.15) is 43.2 Å². The fourth-order valence-corrected chi connectivity index (χ4v) is 3.13. The van der Waals surface area contributed by atoms with Crippen LogP contribution in [0.5, 0.6) is 5.88 Å². The number of Topliss-reactive ketones (excluding diaryl/α,β-unsaturated/α-hetero) is 1. The van der Waals surface area contributed by atoms with E-state index in [4.69, 9.17) is 4.74 Å². The van der Waals surface area contributed by atoms with Gasteiger partial charge in [0.25, 0.3) is 0 Å². The summed E-state index contributed by atoms with van der Waals surface area (Å²) < 4.78 is 5.37. The number of hydrogen-bond acceptors (Lipinski definition) is 3. The zero-order valence-electron chi connectivity index (χ0n) is 13.1. The summed E-state index contributed by atoms with van der Waals surface area (Å²) in [7, 11) is 1.60. The Labute approximate surface area is 125 Å². The van der Waals surface area contributed by atoms with Gasteiger partial charge in [-0.3, -0.25) is 4.79 Å². The first-order valence-corrected chi connectivity index (χ1v) is 7.40. The van der Waals surface area contributed by atoms with Crippen LogP contribution >= 0.6 is 0 Å². The molecule has 0 saturated heterocycles. The van der Waals surface area contributed by atoms with E-state index in [0.29, 0.717) is 23.9 Å². The van der Waals surface area contributed by atoms with Crippen molar-refractivity contribution in [1.29, 1.82) is 0 Å². The summed E-state index contributed by atoms with van der Waals surface area (Å²) in [6, 6.07) is 8.06. The minimum Gasteiger partial charge on any atom is -0.481 e.